The molecule has 0 saturated carbocycles. The number of likely N-dealkylation sites (N-methyl/N-ethyl adjacent to an activating group) is 1. The van der Waals surface area contributed by atoms with Crippen LogP contribution >= 0.6 is 11.8 Å². The van der Waals surface area contributed by atoms with Crippen molar-refractivity contribution in [3.05, 3.63) is 35.6 Å². The summed E-state index contributed by atoms with van der Waals surface area (Å²) in [5.74, 6) is -0.234. The molecule has 1 aromatic rings. The van der Waals surface area contributed by atoms with Crippen LogP contribution in [0, 0.1) is 5.82 Å². The Morgan fingerprint density at radius 1 is 1.33 bits per heavy atom. The van der Waals surface area contributed by atoms with Gasteiger partial charge in [0.15, 0.2) is 0 Å². The van der Waals surface area contributed by atoms with Crippen LogP contribution in [-0.4, -0.2) is 53.2 Å². The van der Waals surface area contributed by atoms with Gasteiger partial charge in [0, 0.05) is 26.2 Å². The molecule has 132 valence electrons. The molecule has 0 aromatic heterocycles. The smallest absolute Gasteiger partial charge is 0.317 e. The zero-order valence-electron chi connectivity index (χ0n) is 14.3. The van der Waals surface area contributed by atoms with Crippen LogP contribution in [-0.2, 0) is 4.79 Å². The number of nitrogens with one attached hydrogen (secondary N) is 1. The van der Waals surface area contributed by atoms with Gasteiger partial charge in [-0.25, -0.2) is 9.18 Å². The van der Waals surface area contributed by atoms with Crippen molar-refractivity contribution >= 4 is 23.7 Å². The molecule has 1 heterocycles. The third-order valence-corrected chi connectivity index (χ3v) is 5.40. The highest BCUT2D eigenvalue weighted by atomic mass is 32.2. The van der Waals surface area contributed by atoms with Crippen molar-refractivity contribution in [2.45, 2.75) is 31.4 Å². The third-order valence-electron chi connectivity index (χ3n) is 4.01. The molecule has 3 amide bonds. The Kier molecular flexibility index (Phi) is 6.48. The van der Waals surface area contributed by atoms with Crippen LogP contribution in [0.3, 0.4) is 0 Å². The van der Waals surface area contributed by atoms with Gasteiger partial charge in [-0.3, -0.25) is 4.79 Å². The second kappa shape index (κ2) is 8.37. The van der Waals surface area contributed by atoms with E-state index in [0.29, 0.717) is 26.2 Å². The summed E-state index contributed by atoms with van der Waals surface area (Å²) in [5, 5.41) is 2.50. The molecule has 5 nitrogen and oxygen atoms in total. The van der Waals surface area contributed by atoms with E-state index >= 15 is 0 Å². The summed E-state index contributed by atoms with van der Waals surface area (Å²) in [4.78, 5) is 27.9. The summed E-state index contributed by atoms with van der Waals surface area (Å²) < 4.78 is 13.1. The highest BCUT2D eigenvalue weighted by Gasteiger charge is 2.38. The lowest BCUT2D eigenvalue weighted by molar-refractivity contribution is -0.129. The summed E-state index contributed by atoms with van der Waals surface area (Å²) in [7, 11) is 0. The van der Waals surface area contributed by atoms with Gasteiger partial charge < -0.3 is 15.1 Å². The van der Waals surface area contributed by atoms with Gasteiger partial charge in [-0.1, -0.05) is 12.1 Å². The van der Waals surface area contributed by atoms with Gasteiger partial charge in [-0.15, -0.1) is 11.8 Å². The fourth-order valence-electron chi connectivity index (χ4n) is 2.68. The number of thioether (sulfide) groups is 1. The second-order valence-corrected chi connectivity index (χ2v) is 7.05. The first-order valence-corrected chi connectivity index (χ1v) is 9.16. The zero-order chi connectivity index (χ0) is 17.7. The Labute approximate surface area is 146 Å². The molecule has 2 rings (SSSR count). The van der Waals surface area contributed by atoms with Crippen molar-refractivity contribution in [2.75, 3.05) is 26.2 Å². The van der Waals surface area contributed by atoms with Crippen LogP contribution < -0.4 is 5.32 Å². The first-order valence-electron chi connectivity index (χ1n) is 8.22. The van der Waals surface area contributed by atoms with Gasteiger partial charge in [-0.05, 0) is 38.5 Å². The molecule has 0 spiro atoms. The minimum atomic E-state index is -0.291. The Balaban J connectivity index is 2.08. The number of nitrogens with zero attached hydrogens (tertiary/aromatic N) is 2. The van der Waals surface area contributed by atoms with Crippen LogP contribution in [0.4, 0.5) is 9.18 Å². The molecular formula is C17H24FN3O2S. The van der Waals surface area contributed by atoms with Crippen molar-refractivity contribution in [1.29, 1.82) is 0 Å². The average Bonchev–Trinajstić information content (AvgIpc) is 2.84. The molecule has 1 aliphatic heterocycles. The summed E-state index contributed by atoms with van der Waals surface area (Å²) >= 11 is 1.55. The zero-order valence-corrected chi connectivity index (χ0v) is 15.1. The van der Waals surface area contributed by atoms with E-state index in [1.807, 2.05) is 20.8 Å². The van der Waals surface area contributed by atoms with Crippen LogP contribution in [0.15, 0.2) is 24.3 Å². The molecule has 2 unspecified atom stereocenters. The molecule has 1 N–H and O–H groups in total. The standard InChI is InChI=1S/C17H24FN3O2S/c1-4-19-17(23)20(5-2)10-11-21-15(22)12(3)24-16(21)13-6-8-14(18)9-7-13/h6-9,12,16H,4-5,10-11H2,1-3H3,(H,19,23). The number of amides is 3. The maximum absolute atomic E-state index is 13.1. The topological polar surface area (TPSA) is 52.7 Å². The van der Waals surface area contributed by atoms with E-state index in [0.717, 1.165) is 5.56 Å². The molecule has 1 saturated heterocycles. The molecule has 2 atom stereocenters. The minimum absolute atomic E-state index is 0.0567. The van der Waals surface area contributed by atoms with Crippen LogP contribution in [0.1, 0.15) is 31.7 Å². The number of rotatable bonds is 6. The minimum Gasteiger partial charge on any atom is -0.338 e. The fraction of sp³-hybridized carbons (Fsp3) is 0.529. The summed E-state index contributed by atoms with van der Waals surface area (Å²) in [6, 6.07) is 6.13. The average molecular weight is 353 g/mol. The van der Waals surface area contributed by atoms with Crippen molar-refractivity contribution in [2.24, 2.45) is 0 Å². The Hall–Kier alpha value is -1.76. The van der Waals surface area contributed by atoms with Crippen LogP contribution in [0.25, 0.3) is 0 Å². The van der Waals surface area contributed by atoms with E-state index in [1.54, 1.807) is 33.7 Å². The maximum atomic E-state index is 13.1. The van der Waals surface area contributed by atoms with E-state index in [2.05, 4.69) is 5.32 Å². The third kappa shape index (κ3) is 4.20. The second-order valence-electron chi connectivity index (χ2n) is 5.63. The predicted molar refractivity (Wildman–Crippen MR) is 94.2 cm³/mol. The van der Waals surface area contributed by atoms with Gasteiger partial charge in [0.05, 0.1) is 5.25 Å². The summed E-state index contributed by atoms with van der Waals surface area (Å²) in [6.07, 6.45) is 0. The van der Waals surface area contributed by atoms with Crippen molar-refractivity contribution in [3.63, 3.8) is 0 Å². The lowest BCUT2D eigenvalue weighted by Gasteiger charge is -2.28. The molecule has 0 radical (unpaired) electrons. The van der Waals surface area contributed by atoms with Gasteiger partial charge in [0.2, 0.25) is 5.91 Å². The molecule has 0 aliphatic carbocycles. The molecule has 7 heteroatoms. The number of hydrogen-bond acceptors (Lipinski definition) is 3. The molecule has 1 fully saturated rings. The molecule has 1 aliphatic rings. The van der Waals surface area contributed by atoms with Crippen molar-refractivity contribution in [3.8, 4) is 0 Å². The highest BCUT2D eigenvalue weighted by Crippen LogP contribution is 2.42. The number of carbonyl (C=O) groups excluding carboxylic acids is 2. The van der Waals surface area contributed by atoms with E-state index in [4.69, 9.17) is 0 Å². The van der Waals surface area contributed by atoms with E-state index in [1.165, 1.54) is 12.1 Å². The molecule has 0 bridgehead atoms. The number of halogens is 1. The van der Waals surface area contributed by atoms with Gasteiger partial charge in [-0.2, -0.15) is 0 Å². The largest absolute Gasteiger partial charge is 0.338 e. The van der Waals surface area contributed by atoms with Crippen molar-refractivity contribution in [1.82, 2.24) is 15.1 Å². The van der Waals surface area contributed by atoms with Gasteiger partial charge in [0.25, 0.3) is 0 Å². The van der Waals surface area contributed by atoms with E-state index in [-0.39, 0.29) is 28.4 Å². The molecule has 24 heavy (non-hydrogen) atoms. The summed E-state index contributed by atoms with van der Waals surface area (Å²) in [5.41, 5.74) is 0.903. The van der Waals surface area contributed by atoms with Gasteiger partial charge in [0.1, 0.15) is 11.2 Å². The lowest BCUT2D eigenvalue weighted by Crippen LogP contribution is -2.44. The SMILES string of the molecule is CCNC(=O)N(CC)CCN1C(=O)C(C)SC1c1ccc(F)cc1. The number of carbonyl (C=O) groups is 2. The number of benzene rings is 1. The van der Waals surface area contributed by atoms with E-state index < -0.39 is 0 Å². The number of urea groups is 1. The quantitative estimate of drug-likeness (QED) is 0.856. The predicted octanol–water partition coefficient (Wildman–Crippen LogP) is 2.84. The first kappa shape index (κ1) is 18.6. The molecule has 1 aromatic carbocycles. The van der Waals surface area contributed by atoms with Crippen LogP contribution in [0.5, 0.6) is 0 Å². The monoisotopic (exact) mass is 353 g/mol. The highest BCUT2D eigenvalue weighted by molar-refractivity contribution is 8.01. The Morgan fingerprint density at radius 2 is 2.00 bits per heavy atom. The first-order chi connectivity index (χ1) is 11.5. The van der Waals surface area contributed by atoms with Crippen LogP contribution in [0.2, 0.25) is 0 Å². The Bertz CT molecular complexity index is 582. The normalized spacial score (nSPS) is 20.3. The summed E-state index contributed by atoms with van der Waals surface area (Å²) in [6.45, 7) is 7.75. The van der Waals surface area contributed by atoms with Gasteiger partial charge >= 0.3 is 6.03 Å². The fourth-order valence-corrected chi connectivity index (χ4v) is 3.99. The number of hydrogen-bond donors (Lipinski definition) is 1. The molecular weight excluding hydrogens is 329 g/mol. The van der Waals surface area contributed by atoms with Crippen molar-refractivity contribution < 1.29 is 14.0 Å². The lowest BCUT2D eigenvalue weighted by atomic mass is 10.2. The van der Waals surface area contributed by atoms with E-state index in [9.17, 15) is 14.0 Å². The maximum Gasteiger partial charge on any atom is 0.317 e. The Morgan fingerprint density at radius 3 is 2.58 bits per heavy atom.